The second-order valence-electron chi connectivity index (χ2n) is 6.61. The fourth-order valence-corrected chi connectivity index (χ4v) is 3.40. The average Bonchev–Trinajstić information content (AvgIpc) is 2.70. The van der Waals surface area contributed by atoms with Gasteiger partial charge in [-0.3, -0.25) is 4.90 Å². The number of primary amides is 1. The number of urea groups is 1. The van der Waals surface area contributed by atoms with Crippen molar-refractivity contribution in [1.29, 1.82) is 0 Å². The van der Waals surface area contributed by atoms with Gasteiger partial charge in [0.25, 0.3) is 0 Å². The van der Waals surface area contributed by atoms with Gasteiger partial charge in [-0.15, -0.1) is 0 Å². The van der Waals surface area contributed by atoms with Crippen LogP contribution < -0.4 is 16.0 Å². The first-order valence-corrected chi connectivity index (χ1v) is 9.08. The van der Waals surface area contributed by atoms with Crippen LogP contribution in [-0.2, 0) is 0 Å². The van der Waals surface area contributed by atoms with Crippen LogP contribution in [0.15, 0.2) is 18.2 Å². The molecule has 144 valence electrons. The van der Waals surface area contributed by atoms with Crippen LogP contribution in [0.4, 0.5) is 10.5 Å². The van der Waals surface area contributed by atoms with Gasteiger partial charge in [-0.05, 0) is 63.1 Å². The monoisotopic (exact) mass is 388 g/mol. The van der Waals surface area contributed by atoms with E-state index in [9.17, 15) is 4.79 Å². The topological polar surface area (TPSA) is 61.6 Å². The number of carbonyl (C=O) groups excluding carboxylic acids is 1. The van der Waals surface area contributed by atoms with Gasteiger partial charge in [0.05, 0.1) is 16.2 Å². The number of nitrogens with one attached hydrogen (secondary N) is 1. The lowest BCUT2D eigenvalue weighted by Gasteiger charge is -2.37. The lowest BCUT2D eigenvalue weighted by molar-refractivity contribution is 0.207. The highest BCUT2D eigenvalue weighted by Gasteiger charge is 2.24. The number of nitrogens with zero attached hydrogens (tertiary/aromatic N) is 2. The zero-order valence-corrected chi connectivity index (χ0v) is 15.4. The second kappa shape index (κ2) is 8.96. The molecule has 2 fully saturated rings. The van der Waals surface area contributed by atoms with E-state index in [1.54, 1.807) is 13.0 Å². The molecule has 1 saturated heterocycles. The normalized spacial score (nSPS) is 38.5. The maximum absolute atomic E-state index is 11.1. The summed E-state index contributed by atoms with van der Waals surface area (Å²) in [5.74, 6) is -0.321. The standard InChI is InChI=1S/C20H31ClN4O/c1-15-3-2-4-18(19(15)21)25-13-11-24(12-14-25)10-9-16-5-7-17(8-6-16)23-20(22)26/h2-4,16-17H,5-14H2,1H3,(H3,22,23,26)/t16-,17-/i10D2,11D2,12D2,13D2,14D2. The first-order valence-electron chi connectivity index (χ1n) is 13.7. The van der Waals surface area contributed by atoms with E-state index in [4.69, 9.17) is 31.0 Å². The van der Waals surface area contributed by atoms with Crippen molar-refractivity contribution < 1.29 is 18.5 Å². The number of hydrogen-bond donors (Lipinski definition) is 2. The van der Waals surface area contributed by atoms with Crippen LogP contribution in [0.1, 0.15) is 51.4 Å². The summed E-state index contributed by atoms with van der Waals surface area (Å²) in [6.45, 7) is -14.2. The molecule has 0 atom stereocenters. The summed E-state index contributed by atoms with van der Waals surface area (Å²) < 4.78 is 86.4. The molecule has 0 radical (unpaired) electrons. The van der Waals surface area contributed by atoms with E-state index in [-0.39, 0.29) is 34.0 Å². The summed E-state index contributed by atoms with van der Waals surface area (Å²) in [4.78, 5) is 11.5. The van der Waals surface area contributed by atoms with Crippen molar-refractivity contribution in [2.75, 3.05) is 37.4 Å². The van der Waals surface area contributed by atoms with Crippen molar-refractivity contribution in [2.24, 2.45) is 11.7 Å². The Morgan fingerprint density at radius 2 is 2.00 bits per heavy atom. The Kier molecular flexibility index (Phi) is 3.51. The Morgan fingerprint density at radius 1 is 1.31 bits per heavy atom. The number of aryl methyl sites for hydroxylation is 1. The minimum atomic E-state index is -3.32. The number of rotatable bonds is 5. The van der Waals surface area contributed by atoms with E-state index in [1.807, 2.05) is 0 Å². The highest BCUT2D eigenvalue weighted by Crippen LogP contribution is 2.30. The SMILES string of the molecule is [2H]C([2H])(C[C@H]1CC[C@H](NC(N)=O)CC1)N1C([2H])([2H])C([2H])([2H])N(c2cccc(C)c2Cl)C([2H])([2H])C1([2H])[2H]. The molecule has 1 aromatic rings. The summed E-state index contributed by atoms with van der Waals surface area (Å²) >= 11 is 6.32. The summed E-state index contributed by atoms with van der Waals surface area (Å²) in [5.41, 5.74) is 5.38. The van der Waals surface area contributed by atoms with E-state index in [0.717, 1.165) is 0 Å². The Bertz CT molecular complexity index is 973. The lowest BCUT2D eigenvalue weighted by Crippen LogP contribution is -2.47. The van der Waals surface area contributed by atoms with E-state index in [1.165, 1.54) is 12.1 Å². The quantitative estimate of drug-likeness (QED) is 0.812. The van der Waals surface area contributed by atoms with Crippen molar-refractivity contribution >= 4 is 23.3 Å². The number of hydrogen-bond acceptors (Lipinski definition) is 3. The molecule has 5 nitrogen and oxygen atoms in total. The molecule has 1 heterocycles. The van der Waals surface area contributed by atoms with Crippen molar-refractivity contribution in [3.8, 4) is 0 Å². The van der Waals surface area contributed by atoms with Gasteiger partial charge in [-0.1, -0.05) is 23.7 Å². The maximum Gasteiger partial charge on any atom is 0.312 e. The number of anilines is 1. The second-order valence-corrected chi connectivity index (χ2v) is 6.99. The third-order valence-corrected chi connectivity index (χ3v) is 5.18. The van der Waals surface area contributed by atoms with Crippen LogP contribution in [-0.4, -0.2) is 49.5 Å². The predicted octanol–water partition coefficient (Wildman–Crippen LogP) is 3.39. The Labute approximate surface area is 175 Å². The predicted molar refractivity (Wildman–Crippen MR) is 108 cm³/mol. The molecule has 2 aliphatic rings. The minimum absolute atomic E-state index is 0.0605. The fraction of sp³-hybridized carbons (Fsp3) is 0.650. The highest BCUT2D eigenvalue weighted by atomic mass is 35.5. The van der Waals surface area contributed by atoms with Gasteiger partial charge in [0.15, 0.2) is 0 Å². The summed E-state index contributed by atoms with van der Waals surface area (Å²) in [6.07, 6.45) is 1.56. The van der Waals surface area contributed by atoms with Gasteiger partial charge in [0.1, 0.15) is 0 Å². The molecule has 1 aliphatic carbocycles. The molecule has 6 heteroatoms. The van der Waals surface area contributed by atoms with Crippen LogP contribution in [0, 0.1) is 12.8 Å². The molecule has 1 saturated carbocycles. The van der Waals surface area contributed by atoms with E-state index in [2.05, 4.69) is 5.32 Å². The molecular weight excluding hydrogens is 348 g/mol. The molecule has 0 spiro atoms. The first-order chi connectivity index (χ1) is 16.3. The third kappa shape index (κ3) is 5.04. The molecule has 1 aliphatic heterocycles. The number of amides is 2. The van der Waals surface area contributed by atoms with Gasteiger partial charge in [0.2, 0.25) is 0 Å². The average molecular weight is 389 g/mol. The largest absolute Gasteiger partial charge is 0.368 e. The van der Waals surface area contributed by atoms with E-state index in [0.29, 0.717) is 36.1 Å². The van der Waals surface area contributed by atoms with Gasteiger partial charge in [0, 0.05) is 40.3 Å². The van der Waals surface area contributed by atoms with Gasteiger partial charge in [-0.25, -0.2) is 4.79 Å². The van der Waals surface area contributed by atoms with Crippen molar-refractivity contribution in [1.82, 2.24) is 10.2 Å². The Morgan fingerprint density at radius 3 is 2.65 bits per heavy atom. The molecule has 3 rings (SSSR count). The smallest absolute Gasteiger partial charge is 0.312 e. The number of piperazine rings is 1. The summed E-state index contributed by atoms with van der Waals surface area (Å²) in [5, 5.41) is 2.54. The van der Waals surface area contributed by atoms with Crippen LogP contribution in [0.3, 0.4) is 0 Å². The molecule has 0 bridgehead atoms. The van der Waals surface area contributed by atoms with Crippen LogP contribution >= 0.6 is 11.6 Å². The molecule has 2 amide bonds. The Balaban J connectivity index is 2.00. The lowest BCUT2D eigenvalue weighted by atomic mass is 9.84. The van der Waals surface area contributed by atoms with Crippen molar-refractivity contribution in [3.05, 3.63) is 28.8 Å². The summed E-state index contributed by atoms with van der Waals surface area (Å²) in [6, 6.07) is 3.52. The molecule has 1 aromatic carbocycles. The van der Waals surface area contributed by atoms with Crippen LogP contribution in [0.5, 0.6) is 0 Å². The molecule has 0 aromatic heterocycles. The van der Waals surface area contributed by atoms with E-state index < -0.39 is 38.5 Å². The molecule has 0 unspecified atom stereocenters. The van der Waals surface area contributed by atoms with Gasteiger partial charge >= 0.3 is 6.03 Å². The molecule has 3 N–H and O–H groups in total. The molecular formula is C20H31ClN4O. The van der Waals surface area contributed by atoms with Crippen molar-refractivity contribution in [2.45, 2.75) is 45.1 Å². The number of nitrogens with two attached hydrogens (primary N) is 1. The number of halogens is 1. The number of benzene rings is 1. The fourth-order valence-electron chi connectivity index (χ4n) is 3.19. The van der Waals surface area contributed by atoms with Crippen molar-refractivity contribution in [3.63, 3.8) is 0 Å². The van der Waals surface area contributed by atoms with Crippen LogP contribution in [0.2, 0.25) is 5.02 Å². The third-order valence-electron chi connectivity index (χ3n) is 4.69. The van der Waals surface area contributed by atoms with E-state index >= 15 is 0 Å². The zero-order valence-electron chi connectivity index (χ0n) is 24.7. The van der Waals surface area contributed by atoms with Crippen LogP contribution in [0.25, 0.3) is 0 Å². The van der Waals surface area contributed by atoms with Gasteiger partial charge < -0.3 is 16.0 Å². The zero-order chi connectivity index (χ0) is 27.5. The number of carbonyl (C=O) groups is 1. The minimum Gasteiger partial charge on any atom is -0.368 e. The van der Waals surface area contributed by atoms with Gasteiger partial charge in [-0.2, -0.15) is 0 Å². The Hall–Kier alpha value is -1.46. The maximum atomic E-state index is 11.1. The summed E-state index contributed by atoms with van der Waals surface area (Å²) in [7, 11) is 0. The highest BCUT2D eigenvalue weighted by molar-refractivity contribution is 6.34. The molecule has 26 heavy (non-hydrogen) atoms. The first kappa shape index (κ1) is 10.2.